The van der Waals surface area contributed by atoms with Gasteiger partial charge in [0, 0.05) is 18.3 Å². The highest BCUT2D eigenvalue weighted by Crippen LogP contribution is 2.19. The number of aromatic nitrogens is 1. The number of nitrogens with zero attached hydrogens (tertiary/aromatic N) is 1. The van der Waals surface area contributed by atoms with Gasteiger partial charge in [-0.2, -0.15) is 0 Å². The Bertz CT molecular complexity index is 396. The Labute approximate surface area is 105 Å². The normalized spacial score (nSPS) is 10.4. The molecule has 0 saturated carbocycles. The highest BCUT2D eigenvalue weighted by atomic mass is 35.5. The van der Waals surface area contributed by atoms with Gasteiger partial charge < -0.3 is 10.2 Å². The molecule has 0 spiro atoms. The second-order valence-corrected chi connectivity index (χ2v) is 4.08. The largest absolute Gasteiger partial charge is 0.462 e. The van der Waals surface area contributed by atoms with Crippen LogP contribution in [-0.4, -0.2) is 23.6 Å². The minimum absolute atomic E-state index is 0.219. The molecule has 0 aliphatic rings. The molecule has 0 aliphatic heterocycles. The minimum atomic E-state index is -0.426. The minimum Gasteiger partial charge on any atom is -0.462 e. The van der Waals surface area contributed by atoms with Crippen molar-refractivity contribution in [1.29, 1.82) is 0 Å². The van der Waals surface area contributed by atoms with Gasteiger partial charge in [0.15, 0.2) is 0 Å². The number of ether oxygens (including phenoxy) is 1. The van der Waals surface area contributed by atoms with Crippen LogP contribution in [0.2, 0.25) is 5.15 Å². The van der Waals surface area contributed by atoms with Crippen molar-refractivity contribution >= 4 is 23.3 Å². The van der Waals surface area contributed by atoms with Crippen molar-refractivity contribution in [2.24, 2.45) is 0 Å². The van der Waals surface area contributed by atoms with E-state index in [1.807, 2.05) is 13.8 Å². The van der Waals surface area contributed by atoms with E-state index in [1.165, 1.54) is 6.20 Å². The summed E-state index contributed by atoms with van der Waals surface area (Å²) in [6.07, 6.45) is 1.39. The number of hydrogen-bond acceptors (Lipinski definition) is 5. The standard InChI is InChI=1S/C11H16ClN3O2/c1-4-17-11(16)8-6-13-10(12)5-9(8)15-14-7(2)3/h5-7,14H,4H2,1-3H3,(H,13,15). The van der Waals surface area contributed by atoms with Crippen LogP contribution in [0.5, 0.6) is 0 Å². The third-order valence-electron chi connectivity index (χ3n) is 1.86. The van der Waals surface area contributed by atoms with E-state index in [0.717, 1.165) is 0 Å². The fourth-order valence-corrected chi connectivity index (χ4v) is 1.28. The van der Waals surface area contributed by atoms with Crippen LogP contribution >= 0.6 is 11.6 Å². The van der Waals surface area contributed by atoms with E-state index < -0.39 is 5.97 Å². The number of hydrazine groups is 1. The topological polar surface area (TPSA) is 63.2 Å². The van der Waals surface area contributed by atoms with Gasteiger partial charge >= 0.3 is 5.97 Å². The van der Waals surface area contributed by atoms with Crippen LogP contribution in [0.4, 0.5) is 5.69 Å². The van der Waals surface area contributed by atoms with Crippen molar-refractivity contribution in [2.75, 3.05) is 12.0 Å². The average molecular weight is 258 g/mol. The monoisotopic (exact) mass is 257 g/mol. The molecule has 0 aliphatic carbocycles. The van der Waals surface area contributed by atoms with Crippen LogP contribution in [0.25, 0.3) is 0 Å². The molecule has 94 valence electrons. The van der Waals surface area contributed by atoms with Crippen molar-refractivity contribution in [3.63, 3.8) is 0 Å². The number of carbonyl (C=O) groups excluding carboxylic acids is 1. The number of anilines is 1. The predicted octanol–water partition coefficient (Wildman–Crippen LogP) is 2.24. The summed E-state index contributed by atoms with van der Waals surface area (Å²) in [5, 5.41) is 0.311. The Kier molecular flexibility index (Phi) is 5.18. The zero-order valence-corrected chi connectivity index (χ0v) is 10.8. The van der Waals surface area contributed by atoms with Gasteiger partial charge in [-0.05, 0) is 20.8 Å². The second-order valence-electron chi connectivity index (χ2n) is 3.70. The number of hydrogen-bond donors (Lipinski definition) is 2. The van der Waals surface area contributed by atoms with Crippen LogP contribution in [0.15, 0.2) is 12.3 Å². The van der Waals surface area contributed by atoms with E-state index in [9.17, 15) is 4.79 Å². The van der Waals surface area contributed by atoms with Gasteiger partial charge in [0.25, 0.3) is 0 Å². The van der Waals surface area contributed by atoms with E-state index in [1.54, 1.807) is 13.0 Å². The number of esters is 1. The number of rotatable bonds is 5. The zero-order chi connectivity index (χ0) is 12.8. The molecule has 6 heteroatoms. The summed E-state index contributed by atoms with van der Waals surface area (Å²) >= 11 is 5.78. The molecule has 0 unspecified atom stereocenters. The maximum Gasteiger partial charge on any atom is 0.341 e. The molecule has 1 heterocycles. The molecule has 1 rings (SSSR count). The molecule has 5 nitrogen and oxygen atoms in total. The Balaban J connectivity index is 2.91. The maximum absolute atomic E-state index is 11.6. The Morgan fingerprint density at radius 1 is 1.59 bits per heavy atom. The lowest BCUT2D eigenvalue weighted by Gasteiger charge is -2.14. The molecule has 0 saturated heterocycles. The smallest absolute Gasteiger partial charge is 0.341 e. The summed E-state index contributed by atoms with van der Waals surface area (Å²) in [5.41, 5.74) is 6.80. The van der Waals surface area contributed by atoms with E-state index in [-0.39, 0.29) is 6.04 Å². The Morgan fingerprint density at radius 3 is 2.88 bits per heavy atom. The summed E-state index contributed by atoms with van der Waals surface area (Å²) in [6.45, 7) is 6.01. The highest BCUT2D eigenvalue weighted by molar-refractivity contribution is 6.29. The van der Waals surface area contributed by atoms with Gasteiger partial charge in [-0.15, -0.1) is 0 Å². The second kappa shape index (κ2) is 6.42. The summed E-state index contributed by atoms with van der Waals surface area (Å²) in [6, 6.07) is 1.79. The van der Waals surface area contributed by atoms with E-state index >= 15 is 0 Å². The molecule has 0 bridgehead atoms. The summed E-state index contributed by atoms with van der Waals surface area (Å²) in [4.78, 5) is 15.5. The molecule has 0 amide bonds. The van der Waals surface area contributed by atoms with Crippen LogP contribution in [0.1, 0.15) is 31.1 Å². The number of carbonyl (C=O) groups is 1. The lowest BCUT2D eigenvalue weighted by molar-refractivity contribution is 0.0527. The molecule has 1 aromatic heterocycles. The first-order valence-electron chi connectivity index (χ1n) is 5.38. The summed E-state index contributed by atoms with van der Waals surface area (Å²) in [7, 11) is 0. The third-order valence-corrected chi connectivity index (χ3v) is 2.07. The van der Waals surface area contributed by atoms with E-state index in [2.05, 4.69) is 15.8 Å². The SMILES string of the molecule is CCOC(=O)c1cnc(Cl)cc1NNC(C)C. The van der Waals surface area contributed by atoms with Gasteiger partial charge in [-0.3, -0.25) is 0 Å². The quantitative estimate of drug-likeness (QED) is 0.481. The van der Waals surface area contributed by atoms with Crippen LogP contribution < -0.4 is 10.9 Å². The molecule has 0 atom stereocenters. The highest BCUT2D eigenvalue weighted by Gasteiger charge is 2.13. The van der Waals surface area contributed by atoms with Crippen LogP contribution in [0, 0.1) is 0 Å². The summed E-state index contributed by atoms with van der Waals surface area (Å²) in [5.74, 6) is -0.426. The number of halogens is 1. The van der Waals surface area contributed by atoms with Crippen molar-refractivity contribution in [1.82, 2.24) is 10.4 Å². The molecule has 0 radical (unpaired) electrons. The number of pyridine rings is 1. The zero-order valence-electron chi connectivity index (χ0n) is 10.1. The van der Waals surface area contributed by atoms with Crippen molar-refractivity contribution in [3.05, 3.63) is 23.0 Å². The Morgan fingerprint density at radius 2 is 2.29 bits per heavy atom. The fourth-order valence-electron chi connectivity index (χ4n) is 1.13. The molecule has 2 N–H and O–H groups in total. The van der Waals surface area contributed by atoms with Gasteiger partial charge in [0.05, 0.1) is 12.3 Å². The molecule has 17 heavy (non-hydrogen) atoms. The van der Waals surface area contributed by atoms with Crippen LogP contribution in [-0.2, 0) is 4.74 Å². The van der Waals surface area contributed by atoms with Crippen molar-refractivity contribution < 1.29 is 9.53 Å². The van der Waals surface area contributed by atoms with Gasteiger partial charge in [-0.1, -0.05) is 11.6 Å². The Hall–Kier alpha value is -1.33. The van der Waals surface area contributed by atoms with Gasteiger partial charge in [0.1, 0.15) is 10.7 Å². The molecular weight excluding hydrogens is 242 g/mol. The molecule has 1 aromatic rings. The molecular formula is C11H16ClN3O2. The lowest BCUT2D eigenvalue weighted by atomic mass is 10.2. The third kappa shape index (κ3) is 4.20. The van der Waals surface area contributed by atoms with Gasteiger partial charge in [0.2, 0.25) is 0 Å². The van der Waals surface area contributed by atoms with Crippen molar-refractivity contribution in [3.8, 4) is 0 Å². The average Bonchev–Trinajstić information content (AvgIpc) is 2.26. The van der Waals surface area contributed by atoms with Crippen molar-refractivity contribution in [2.45, 2.75) is 26.8 Å². The number of nitrogens with one attached hydrogen (secondary N) is 2. The first kappa shape index (κ1) is 13.7. The molecule has 0 aromatic carbocycles. The van der Waals surface area contributed by atoms with E-state index in [4.69, 9.17) is 16.3 Å². The van der Waals surface area contributed by atoms with Crippen LogP contribution in [0.3, 0.4) is 0 Å². The fraction of sp³-hybridized carbons (Fsp3) is 0.455. The first-order chi connectivity index (χ1) is 8.04. The predicted molar refractivity (Wildman–Crippen MR) is 67.1 cm³/mol. The first-order valence-corrected chi connectivity index (χ1v) is 5.76. The van der Waals surface area contributed by atoms with E-state index in [0.29, 0.717) is 23.0 Å². The molecule has 0 fully saturated rings. The maximum atomic E-state index is 11.6. The van der Waals surface area contributed by atoms with Gasteiger partial charge in [-0.25, -0.2) is 15.2 Å². The lowest BCUT2D eigenvalue weighted by Crippen LogP contribution is -2.30. The summed E-state index contributed by atoms with van der Waals surface area (Å²) < 4.78 is 4.93.